The van der Waals surface area contributed by atoms with Crippen LogP contribution in [0, 0.1) is 0 Å². The average molecular weight is 394 g/mol. The van der Waals surface area contributed by atoms with Crippen LogP contribution in [0.1, 0.15) is 24.4 Å². The summed E-state index contributed by atoms with van der Waals surface area (Å²) in [6.45, 7) is 8.47. The van der Waals surface area contributed by atoms with E-state index in [2.05, 4.69) is 35.7 Å². The number of thiazole rings is 1. The van der Waals surface area contributed by atoms with Gasteiger partial charge in [0.15, 0.2) is 11.5 Å². The maximum absolute atomic E-state index is 10.2. The molecule has 1 aromatic heterocycles. The Balaban J connectivity index is 1.90. The molecule has 27 heavy (non-hydrogen) atoms. The van der Waals surface area contributed by atoms with Crippen LogP contribution in [-0.4, -0.2) is 66.4 Å². The zero-order valence-electron chi connectivity index (χ0n) is 16.7. The molecule has 1 aromatic carbocycles. The number of nitrogens with zero attached hydrogens (tertiary/aromatic N) is 3. The molecule has 6 nitrogen and oxygen atoms in total. The fourth-order valence-electron chi connectivity index (χ4n) is 2.88. The first kappa shape index (κ1) is 21.6. The number of ether oxygens (including phenoxy) is 2. The molecule has 0 bridgehead atoms. The van der Waals surface area contributed by atoms with Crippen molar-refractivity contribution >= 4 is 11.3 Å². The molecule has 2 aromatic rings. The van der Waals surface area contributed by atoms with Crippen molar-refractivity contribution in [3.05, 3.63) is 40.3 Å². The van der Waals surface area contributed by atoms with E-state index < -0.39 is 6.10 Å². The number of rotatable bonds is 12. The second-order valence-corrected chi connectivity index (χ2v) is 7.51. The van der Waals surface area contributed by atoms with Gasteiger partial charge >= 0.3 is 0 Å². The van der Waals surface area contributed by atoms with Crippen molar-refractivity contribution in [2.24, 2.45) is 0 Å². The number of aliphatic hydroxyl groups is 1. The second-order valence-electron chi connectivity index (χ2n) is 6.53. The molecule has 150 valence electrons. The molecule has 1 heterocycles. The van der Waals surface area contributed by atoms with Gasteiger partial charge in [-0.1, -0.05) is 19.9 Å². The predicted octanol–water partition coefficient (Wildman–Crippen LogP) is 2.87. The topological polar surface area (TPSA) is 58.1 Å². The second kappa shape index (κ2) is 11.2. The molecule has 0 saturated heterocycles. The molecule has 0 radical (unpaired) electrons. The van der Waals surface area contributed by atoms with Crippen LogP contribution in [0.4, 0.5) is 0 Å². The number of benzene rings is 1. The minimum absolute atomic E-state index is 0.246. The third-order valence-corrected chi connectivity index (χ3v) is 5.13. The van der Waals surface area contributed by atoms with Crippen molar-refractivity contribution in [1.82, 2.24) is 14.8 Å². The lowest BCUT2D eigenvalue weighted by molar-refractivity contribution is 0.0705. The first-order chi connectivity index (χ1) is 13.0. The Bertz CT molecular complexity index is 662. The van der Waals surface area contributed by atoms with Crippen molar-refractivity contribution in [2.45, 2.75) is 33.0 Å². The summed E-state index contributed by atoms with van der Waals surface area (Å²) in [5.41, 5.74) is 1.14. The van der Waals surface area contributed by atoms with Gasteiger partial charge in [-0.15, -0.1) is 11.3 Å². The lowest BCUT2D eigenvalue weighted by atomic mass is 10.2. The highest BCUT2D eigenvalue weighted by Crippen LogP contribution is 2.29. The van der Waals surface area contributed by atoms with Crippen LogP contribution < -0.4 is 9.47 Å². The van der Waals surface area contributed by atoms with Gasteiger partial charge in [-0.25, -0.2) is 4.98 Å². The molecule has 0 spiro atoms. The van der Waals surface area contributed by atoms with Crippen molar-refractivity contribution in [3.8, 4) is 11.5 Å². The summed E-state index contributed by atoms with van der Waals surface area (Å²) in [5.74, 6) is 1.34. The Morgan fingerprint density at radius 2 is 1.96 bits per heavy atom. The highest BCUT2D eigenvalue weighted by Gasteiger charge is 2.13. The van der Waals surface area contributed by atoms with E-state index in [1.54, 1.807) is 18.4 Å². The molecule has 0 aliphatic carbocycles. The Morgan fingerprint density at radius 1 is 1.19 bits per heavy atom. The standard InChI is InChI=1S/C20H31N3O3S/c1-5-23(6-2)13-17(24)15-26-18-8-7-16(11-19(18)25-4)12-22(3)14-20-21-9-10-27-20/h7-11,17,24H,5-6,12-15H2,1-4H3. The van der Waals surface area contributed by atoms with Gasteiger partial charge in [0.2, 0.25) is 0 Å². The third kappa shape index (κ3) is 7.10. The molecule has 1 N–H and O–H groups in total. The molecule has 7 heteroatoms. The molecule has 0 aliphatic rings. The van der Waals surface area contributed by atoms with Gasteiger partial charge in [-0.3, -0.25) is 4.90 Å². The summed E-state index contributed by atoms with van der Waals surface area (Å²) in [6, 6.07) is 5.94. The van der Waals surface area contributed by atoms with E-state index in [9.17, 15) is 5.11 Å². The first-order valence-electron chi connectivity index (χ1n) is 9.32. The van der Waals surface area contributed by atoms with Crippen LogP contribution in [0.3, 0.4) is 0 Å². The first-order valence-corrected chi connectivity index (χ1v) is 10.2. The van der Waals surface area contributed by atoms with E-state index in [1.807, 2.05) is 29.8 Å². The third-order valence-electron chi connectivity index (χ3n) is 4.36. The highest BCUT2D eigenvalue weighted by atomic mass is 32.1. The number of aromatic nitrogens is 1. The van der Waals surface area contributed by atoms with Gasteiger partial charge in [0, 0.05) is 24.7 Å². The quantitative estimate of drug-likeness (QED) is 0.598. The van der Waals surface area contributed by atoms with Gasteiger partial charge in [0.05, 0.1) is 13.7 Å². The van der Waals surface area contributed by atoms with Crippen LogP contribution in [-0.2, 0) is 13.1 Å². The molecule has 0 saturated carbocycles. The Morgan fingerprint density at radius 3 is 2.59 bits per heavy atom. The molecule has 0 fully saturated rings. The van der Waals surface area contributed by atoms with E-state index in [4.69, 9.17) is 9.47 Å². The molecule has 1 atom stereocenters. The Kier molecular flexibility index (Phi) is 9.00. The lowest BCUT2D eigenvalue weighted by Gasteiger charge is -2.22. The van der Waals surface area contributed by atoms with Gasteiger partial charge in [-0.05, 0) is 37.8 Å². The van der Waals surface area contributed by atoms with Crippen molar-refractivity contribution in [3.63, 3.8) is 0 Å². The maximum Gasteiger partial charge on any atom is 0.161 e. The number of hydrogen-bond acceptors (Lipinski definition) is 7. The van der Waals surface area contributed by atoms with Crippen LogP contribution >= 0.6 is 11.3 Å². The number of methoxy groups -OCH3 is 1. The van der Waals surface area contributed by atoms with Gasteiger partial charge in [0.1, 0.15) is 17.7 Å². The largest absolute Gasteiger partial charge is 0.493 e. The van der Waals surface area contributed by atoms with Crippen LogP contribution in [0.2, 0.25) is 0 Å². The molecule has 2 rings (SSSR count). The summed E-state index contributed by atoms with van der Waals surface area (Å²) in [7, 11) is 3.71. The zero-order valence-corrected chi connectivity index (χ0v) is 17.5. The van der Waals surface area contributed by atoms with Crippen molar-refractivity contribution < 1.29 is 14.6 Å². The van der Waals surface area contributed by atoms with E-state index in [-0.39, 0.29) is 6.61 Å². The molecular weight excluding hydrogens is 362 g/mol. The minimum Gasteiger partial charge on any atom is -0.493 e. The van der Waals surface area contributed by atoms with E-state index in [1.165, 1.54) is 0 Å². The maximum atomic E-state index is 10.2. The average Bonchev–Trinajstić information content (AvgIpc) is 3.17. The van der Waals surface area contributed by atoms with E-state index in [0.29, 0.717) is 18.0 Å². The van der Waals surface area contributed by atoms with Gasteiger partial charge in [-0.2, -0.15) is 0 Å². The fraction of sp³-hybridized carbons (Fsp3) is 0.550. The summed E-state index contributed by atoms with van der Waals surface area (Å²) >= 11 is 1.66. The van der Waals surface area contributed by atoms with Gasteiger partial charge < -0.3 is 19.5 Å². The van der Waals surface area contributed by atoms with Gasteiger partial charge in [0.25, 0.3) is 0 Å². The minimum atomic E-state index is -0.529. The molecular formula is C20H31N3O3S. The van der Waals surface area contributed by atoms with E-state index in [0.717, 1.165) is 36.8 Å². The molecule has 1 unspecified atom stereocenters. The summed E-state index contributed by atoms with van der Waals surface area (Å²) in [6.07, 6.45) is 1.30. The van der Waals surface area contributed by atoms with Crippen LogP contribution in [0.5, 0.6) is 11.5 Å². The van der Waals surface area contributed by atoms with Crippen molar-refractivity contribution in [2.75, 3.05) is 40.4 Å². The number of aliphatic hydroxyl groups excluding tert-OH is 1. The normalized spacial score (nSPS) is 12.6. The fourth-order valence-corrected chi connectivity index (χ4v) is 3.57. The molecule has 0 amide bonds. The highest BCUT2D eigenvalue weighted by molar-refractivity contribution is 7.09. The number of hydrogen-bond donors (Lipinski definition) is 1. The predicted molar refractivity (Wildman–Crippen MR) is 110 cm³/mol. The lowest BCUT2D eigenvalue weighted by Crippen LogP contribution is -2.35. The zero-order chi connectivity index (χ0) is 19.6. The summed E-state index contributed by atoms with van der Waals surface area (Å²) < 4.78 is 11.3. The van der Waals surface area contributed by atoms with Crippen LogP contribution in [0.15, 0.2) is 29.8 Å². The summed E-state index contributed by atoms with van der Waals surface area (Å²) in [5, 5.41) is 13.3. The smallest absolute Gasteiger partial charge is 0.161 e. The monoisotopic (exact) mass is 393 g/mol. The SMILES string of the molecule is CCN(CC)CC(O)COc1ccc(CN(C)Cc2nccs2)cc1OC. The Labute approximate surface area is 166 Å². The number of likely N-dealkylation sites (N-methyl/N-ethyl adjacent to an activating group) is 1. The Hall–Kier alpha value is -1.67. The van der Waals surface area contributed by atoms with E-state index >= 15 is 0 Å². The van der Waals surface area contributed by atoms with Crippen LogP contribution in [0.25, 0.3) is 0 Å². The molecule has 0 aliphatic heterocycles. The summed E-state index contributed by atoms with van der Waals surface area (Å²) in [4.78, 5) is 8.71. The van der Waals surface area contributed by atoms with Crippen molar-refractivity contribution in [1.29, 1.82) is 0 Å².